The molecule has 0 bridgehead atoms. The number of ether oxygens (including phenoxy) is 1. The predicted molar refractivity (Wildman–Crippen MR) is 67.0 cm³/mol. The van der Waals surface area contributed by atoms with Gasteiger partial charge in [-0.3, -0.25) is 4.79 Å². The zero-order valence-electron chi connectivity index (χ0n) is 10.6. The van der Waals surface area contributed by atoms with E-state index in [1.807, 2.05) is 0 Å². The largest absolute Gasteiger partial charge is 0.383 e. The van der Waals surface area contributed by atoms with Crippen LogP contribution in [0.3, 0.4) is 0 Å². The van der Waals surface area contributed by atoms with Crippen molar-refractivity contribution >= 4 is 0 Å². The van der Waals surface area contributed by atoms with Crippen molar-refractivity contribution in [1.82, 2.24) is 15.1 Å². The van der Waals surface area contributed by atoms with Crippen LogP contribution in [0.25, 0.3) is 0 Å². The molecule has 0 radical (unpaired) electrons. The highest BCUT2D eigenvalue weighted by Gasteiger charge is 2.00. The molecule has 0 atom stereocenters. The van der Waals surface area contributed by atoms with Gasteiger partial charge in [-0.15, -0.1) is 0 Å². The molecule has 17 heavy (non-hydrogen) atoms. The molecule has 0 aliphatic rings. The maximum Gasteiger partial charge on any atom is 0.266 e. The van der Waals surface area contributed by atoms with E-state index in [4.69, 9.17) is 4.74 Å². The first-order valence-corrected chi connectivity index (χ1v) is 6.04. The Morgan fingerprint density at radius 1 is 1.47 bits per heavy atom. The summed E-state index contributed by atoms with van der Waals surface area (Å²) in [4.78, 5) is 11.5. The van der Waals surface area contributed by atoms with E-state index in [0.29, 0.717) is 19.7 Å². The van der Waals surface area contributed by atoms with Crippen LogP contribution in [0.1, 0.15) is 25.5 Å². The molecule has 5 nitrogen and oxygen atoms in total. The van der Waals surface area contributed by atoms with Crippen molar-refractivity contribution in [3.05, 3.63) is 28.2 Å². The van der Waals surface area contributed by atoms with Crippen molar-refractivity contribution in [3.8, 4) is 0 Å². The van der Waals surface area contributed by atoms with Crippen LogP contribution in [0, 0.1) is 0 Å². The Morgan fingerprint density at radius 3 is 3.00 bits per heavy atom. The molecule has 5 heteroatoms. The van der Waals surface area contributed by atoms with Crippen LogP contribution in [-0.2, 0) is 17.8 Å². The summed E-state index contributed by atoms with van der Waals surface area (Å²) in [7, 11) is 1.61. The summed E-state index contributed by atoms with van der Waals surface area (Å²) in [5, 5.41) is 7.57. The molecule has 0 saturated carbocycles. The van der Waals surface area contributed by atoms with Gasteiger partial charge in [-0.1, -0.05) is 13.3 Å². The molecule has 0 amide bonds. The maximum atomic E-state index is 11.5. The average molecular weight is 239 g/mol. The Hall–Kier alpha value is -1.20. The van der Waals surface area contributed by atoms with Crippen molar-refractivity contribution in [3.63, 3.8) is 0 Å². The normalized spacial score (nSPS) is 10.7. The van der Waals surface area contributed by atoms with Crippen LogP contribution in [0.5, 0.6) is 0 Å². The van der Waals surface area contributed by atoms with E-state index < -0.39 is 0 Å². The Kier molecular flexibility index (Phi) is 6.50. The Balaban J connectivity index is 2.52. The van der Waals surface area contributed by atoms with Gasteiger partial charge in [-0.2, -0.15) is 5.10 Å². The fourth-order valence-electron chi connectivity index (χ4n) is 1.44. The molecule has 0 spiro atoms. The van der Waals surface area contributed by atoms with Gasteiger partial charge in [0.2, 0.25) is 0 Å². The number of rotatable bonds is 8. The highest BCUT2D eigenvalue weighted by Crippen LogP contribution is 1.91. The second kappa shape index (κ2) is 7.97. The molecule has 0 fully saturated rings. The molecule has 0 aliphatic heterocycles. The minimum atomic E-state index is -0.0839. The fourth-order valence-corrected chi connectivity index (χ4v) is 1.44. The summed E-state index contributed by atoms with van der Waals surface area (Å²) >= 11 is 0. The van der Waals surface area contributed by atoms with Crippen molar-refractivity contribution in [2.45, 2.75) is 32.9 Å². The first kappa shape index (κ1) is 13.9. The molecular formula is C12H21N3O2. The minimum absolute atomic E-state index is 0.0839. The van der Waals surface area contributed by atoms with Gasteiger partial charge in [0.15, 0.2) is 0 Å². The van der Waals surface area contributed by atoms with Crippen LogP contribution in [0.4, 0.5) is 0 Å². The molecule has 96 valence electrons. The van der Waals surface area contributed by atoms with Crippen LogP contribution >= 0.6 is 0 Å². The summed E-state index contributed by atoms with van der Waals surface area (Å²) in [6.07, 6.45) is 2.33. The first-order valence-electron chi connectivity index (χ1n) is 6.04. The first-order chi connectivity index (χ1) is 8.27. The number of hydrogen-bond acceptors (Lipinski definition) is 4. The monoisotopic (exact) mass is 239 g/mol. The van der Waals surface area contributed by atoms with E-state index in [1.54, 1.807) is 19.2 Å². The van der Waals surface area contributed by atoms with Crippen molar-refractivity contribution in [1.29, 1.82) is 0 Å². The Bertz CT molecular complexity index is 376. The van der Waals surface area contributed by atoms with Crippen molar-refractivity contribution in [2.24, 2.45) is 0 Å². The van der Waals surface area contributed by atoms with E-state index in [9.17, 15) is 4.79 Å². The van der Waals surface area contributed by atoms with Gasteiger partial charge in [-0.25, -0.2) is 4.68 Å². The average Bonchev–Trinajstić information content (AvgIpc) is 2.35. The van der Waals surface area contributed by atoms with Gasteiger partial charge < -0.3 is 10.1 Å². The number of nitrogens with zero attached hydrogens (tertiary/aromatic N) is 2. The van der Waals surface area contributed by atoms with Crippen molar-refractivity contribution in [2.75, 3.05) is 20.3 Å². The highest BCUT2D eigenvalue weighted by molar-refractivity contribution is 4.99. The third-order valence-electron chi connectivity index (χ3n) is 2.44. The van der Waals surface area contributed by atoms with E-state index in [2.05, 4.69) is 17.3 Å². The molecule has 0 saturated heterocycles. The third-order valence-corrected chi connectivity index (χ3v) is 2.44. The number of methoxy groups -OCH3 is 1. The summed E-state index contributed by atoms with van der Waals surface area (Å²) in [5.41, 5.74) is 0.802. The van der Waals surface area contributed by atoms with Gasteiger partial charge >= 0.3 is 0 Å². The van der Waals surface area contributed by atoms with Gasteiger partial charge in [-0.05, 0) is 19.0 Å². The standard InChI is InChI=1S/C12H21N3O2/c1-3-4-7-13-10-11-5-6-12(16)15(14-11)8-9-17-2/h5-6,13H,3-4,7-10H2,1-2H3. The Labute approximate surface area is 102 Å². The highest BCUT2D eigenvalue weighted by atomic mass is 16.5. The summed E-state index contributed by atoms with van der Waals surface area (Å²) in [6.45, 7) is 4.84. The third kappa shape index (κ3) is 5.10. The molecule has 1 aromatic rings. The predicted octanol–water partition coefficient (Wildman–Crippen LogP) is 0.779. The van der Waals surface area contributed by atoms with Crippen LogP contribution in [-0.4, -0.2) is 30.0 Å². The minimum Gasteiger partial charge on any atom is -0.383 e. The summed E-state index contributed by atoms with van der Waals surface area (Å²) < 4.78 is 6.38. The molecular weight excluding hydrogens is 218 g/mol. The lowest BCUT2D eigenvalue weighted by Gasteiger charge is -2.07. The van der Waals surface area contributed by atoms with Gasteiger partial charge in [0, 0.05) is 19.7 Å². The van der Waals surface area contributed by atoms with E-state index in [0.717, 1.165) is 18.7 Å². The lowest BCUT2D eigenvalue weighted by molar-refractivity contribution is 0.181. The second-order valence-electron chi connectivity index (χ2n) is 3.91. The van der Waals surface area contributed by atoms with Crippen LogP contribution in [0.2, 0.25) is 0 Å². The summed E-state index contributed by atoms with van der Waals surface area (Å²) in [6, 6.07) is 3.32. The van der Waals surface area contributed by atoms with E-state index >= 15 is 0 Å². The van der Waals surface area contributed by atoms with Crippen LogP contribution < -0.4 is 10.9 Å². The number of aromatic nitrogens is 2. The van der Waals surface area contributed by atoms with Gasteiger partial charge in [0.1, 0.15) is 0 Å². The quantitative estimate of drug-likeness (QED) is 0.681. The Morgan fingerprint density at radius 2 is 2.29 bits per heavy atom. The number of unbranched alkanes of at least 4 members (excludes halogenated alkanes) is 1. The molecule has 1 rings (SSSR count). The van der Waals surface area contributed by atoms with E-state index in [1.165, 1.54) is 11.1 Å². The zero-order chi connectivity index (χ0) is 12.5. The fraction of sp³-hybridized carbons (Fsp3) is 0.667. The zero-order valence-corrected chi connectivity index (χ0v) is 10.6. The van der Waals surface area contributed by atoms with E-state index in [-0.39, 0.29) is 5.56 Å². The van der Waals surface area contributed by atoms with Gasteiger partial charge in [0.25, 0.3) is 5.56 Å². The molecule has 0 aliphatic carbocycles. The molecule has 0 aromatic carbocycles. The molecule has 1 heterocycles. The smallest absolute Gasteiger partial charge is 0.266 e. The molecule has 1 aromatic heterocycles. The van der Waals surface area contributed by atoms with Gasteiger partial charge in [0.05, 0.1) is 18.8 Å². The second-order valence-corrected chi connectivity index (χ2v) is 3.91. The van der Waals surface area contributed by atoms with Crippen molar-refractivity contribution < 1.29 is 4.74 Å². The number of hydrogen-bond donors (Lipinski definition) is 1. The lowest BCUT2D eigenvalue weighted by Crippen LogP contribution is -2.26. The topological polar surface area (TPSA) is 56.2 Å². The van der Waals surface area contributed by atoms with Crippen LogP contribution in [0.15, 0.2) is 16.9 Å². The molecule has 0 unspecified atom stereocenters. The lowest BCUT2D eigenvalue weighted by atomic mass is 10.3. The number of nitrogens with one attached hydrogen (secondary N) is 1. The summed E-state index contributed by atoms with van der Waals surface area (Å²) in [5.74, 6) is 0. The maximum absolute atomic E-state index is 11.5. The molecule has 1 N–H and O–H groups in total. The SMILES string of the molecule is CCCCNCc1ccc(=O)n(CCOC)n1.